The quantitative estimate of drug-likeness (QED) is 0.792. The lowest BCUT2D eigenvalue weighted by Gasteiger charge is -2.14. The van der Waals surface area contributed by atoms with Gasteiger partial charge in [0.1, 0.15) is 5.69 Å². The average Bonchev–Trinajstić information content (AvgIpc) is 2.18. The topological polar surface area (TPSA) is 48.4 Å². The second-order valence-corrected chi connectivity index (χ2v) is 3.29. The molecule has 8 heteroatoms. The molecule has 1 aromatic rings. The summed E-state index contributed by atoms with van der Waals surface area (Å²) in [6.45, 7) is 1.24. The van der Waals surface area contributed by atoms with Crippen molar-refractivity contribution in [1.29, 1.82) is 0 Å². The molecule has 0 spiro atoms. The van der Waals surface area contributed by atoms with Crippen molar-refractivity contribution in [2.24, 2.45) is 0 Å². The number of carbonyl (C=O) groups is 1. The monoisotopic (exact) mass is 269 g/mol. The molecule has 0 atom stereocenters. The Kier molecular flexibility index (Phi) is 3.82. The molecule has 0 amide bonds. The molecule has 0 bridgehead atoms. The molecule has 0 aliphatic heterocycles. The van der Waals surface area contributed by atoms with Gasteiger partial charge in [0.2, 0.25) is 0 Å². The van der Waals surface area contributed by atoms with Crippen molar-refractivity contribution in [3.63, 3.8) is 0 Å². The minimum atomic E-state index is -4.87. The number of methoxy groups -OCH3 is 1. The van der Waals surface area contributed by atoms with Crippen molar-refractivity contribution in [1.82, 2.24) is 4.98 Å². The van der Waals surface area contributed by atoms with E-state index in [1.165, 1.54) is 6.92 Å². The number of hydrogen-bond donors (Lipinski definition) is 0. The Bertz CT molecular complexity index is 448. The second kappa shape index (κ2) is 4.79. The van der Waals surface area contributed by atoms with Crippen LogP contribution in [0.25, 0.3) is 0 Å². The Morgan fingerprint density at radius 3 is 2.47 bits per heavy atom. The van der Waals surface area contributed by atoms with E-state index < -0.39 is 17.4 Å². The first kappa shape index (κ1) is 13.6. The van der Waals surface area contributed by atoms with Gasteiger partial charge in [0.15, 0.2) is 11.5 Å². The van der Waals surface area contributed by atoms with Gasteiger partial charge >= 0.3 is 6.36 Å². The summed E-state index contributed by atoms with van der Waals surface area (Å²) < 4.78 is 44.7. The summed E-state index contributed by atoms with van der Waals surface area (Å²) in [6.07, 6.45) is -4.87. The lowest BCUT2D eigenvalue weighted by atomic mass is 10.2. The van der Waals surface area contributed by atoms with Crippen LogP contribution in [0.15, 0.2) is 6.07 Å². The molecule has 4 nitrogen and oxygen atoms in total. The van der Waals surface area contributed by atoms with Gasteiger partial charge in [-0.2, -0.15) is 0 Å². The van der Waals surface area contributed by atoms with Crippen LogP contribution in [0.4, 0.5) is 13.2 Å². The van der Waals surface area contributed by atoms with E-state index in [0.29, 0.717) is 0 Å². The summed E-state index contributed by atoms with van der Waals surface area (Å²) in [6, 6.07) is 0.976. The van der Waals surface area contributed by atoms with E-state index in [1.807, 2.05) is 0 Å². The number of alkyl halides is 3. The molecule has 17 heavy (non-hydrogen) atoms. The zero-order valence-corrected chi connectivity index (χ0v) is 9.52. The molecule has 0 aromatic carbocycles. The molecular formula is C9H7ClF3NO3. The third-order valence-electron chi connectivity index (χ3n) is 1.75. The molecule has 0 N–H and O–H groups in total. The van der Waals surface area contributed by atoms with Crippen LogP contribution < -0.4 is 9.47 Å². The van der Waals surface area contributed by atoms with E-state index in [4.69, 9.17) is 11.6 Å². The summed E-state index contributed by atoms with van der Waals surface area (Å²) in [5.41, 5.74) is -0.360. The van der Waals surface area contributed by atoms with Gasteiger partial charge in [-0.15, -0.1) is 13.2 Å². The Labute approximate surface area is 99.3 Å². The molecule has 0 radical (unpaired) electrons. The number of aryl methyl sites for hydroxylation is 1. The molecule has 1 aromatic heterocycles. The molecule has 0 aliphatic rings. The van der Waals surface area contributed by atoms with E-state index in [2.05, 4.69) is 14.5 Å². The third kappa shape index (κ3) is 3.48. The first-order valence-corrected chi connectivity index (χ1v) is 4.63. The molecule has 0 unspecified atom stereocenters. The van der Waals surface area contributed by atoms with E-state index in [9.17, 15) is 18.0 Å². The Balaban J connectivity index is 3.26. The normalized spacial score (nSPS) is 11.2. The highest BCUT2D eigenvalue weighted by atomic mass is 35.5. The first-order valence-electron chi connectivity index (χ1n) is 4.26. The highest BCUT2D eigenvalue weighted by molar-refractivity contribution is 6.67. The Morgan fingerprint density at radius 2 is 2.06 bits per heavy atom. The minimum absolute atomic E-state index is 0.148. The van der Waals surface area contributed by atoms with Crippen molar-refractivity contribution in [3.8, 4) is 11.5 Å². The lowest BCUT2D eigenvalue weighted by Crippen LogP contribution is -2.19. The minimum Gasteiger partial charge on any atom is -0.493 e. The summed E-state index contributed by atoms with van der Waals surface area (Å²) in [7, 11) is 1.14. The standard InChI is InChI=1S/C9H7ClF3NO3/c1-4-7(17-9(11,12)13)6(16-2)3-5(14-4)8(10)15/h3H,1-2H3. The summed E-state index contributed by atoms with van der Waals surface area (Å²) in [5, 5.41) is -0.898. The molecular weight excluding hydrogens is 263 g/mol. The van der Waals surface area contributed by atoms with Crippen LogP contribution in [0.2, 0.25) is 0 Å². The van der Waals surface area contributed by atoms with E-state index in [0.717, 1.165) is 13.2 Å². The number of hydrogen-bond acceptors (Lipinski definition) is 4. The second-order valence-electron chi connectivity index (χ2n) is 2.95. The fourth-order valence-corrected chi connectivity index (χ4v) is 1.22. The van der Waals surface area contributed by atoms with Gasteiger partial charge in [-0.1, -0.05) is 0 Å². The third-order valence-corrected chi connectivity index (χ3v) is 1.94. The largest absolute Gasteiger partial charge is 0.573 e. The first-order chi connectivity index (χ1) is 7.74. The Morgan fingerprint density at radius 1 is 1.47 bits per heavy atom. The Hall–Kier alpha value is -1.50. The molecule has 0 saturated heterocycles. The molecule has 1 rings (SSSR count). The highest BCUT2D eigenvalue weighted by Crippen LogP contribution is 2.35. The van der Waals surface area contributed by atoms with Crippen LogP contribution in [-0.2, 0) is 0 Å². The van der Waals surface area contributed by atoms with Crippen LogP contribution in [0.3, 0.4) is 0 Å². The zero-order chi connectivity index (χ0) is 13.2. The van der Waals surface area contributed by atoms with E-state index in [-0.39, 0.29) is 17.1 Å². The maximum Gasteiger partial charge on any atom is 0.573 e. The van der Waals surface area contributed by atoms with Crippen molar-refractivity contribution in [2.45, 2.75) is 13.3 Å². The number of ether oxygens (including phenoxy) is 2. The molecule has 0 aliphatic carbocycles. The fraction of sp³-hybridized carbons (Fsp3) is 0.333. The van der Waals surface area contributed by atoms with Gasteiger partial charge in [0, 0.05) is 6.07 Å². The maximum absolute atomic E-state index is 12.1. The predicted octanol–water partition coefficient (Wildman–Crippen LogP) is 2.68. The number of pyridine rings is 1. The van der Waals surface area contributed by atoms with Gasteiger partial charge in [0.25, 0.3) is 5.24 Å². The summed E-state index contributed by atoms with van der Waals surface area (Å²) in [4.78, 5) is 14.4. The highest BCUT2D eigenvalue weighted by Gasteiger charge is 2.34. The van der Waals surface area contributed by atoms with Gasteiger partial charge < -0.3 is 9.47 Å². The SMILES string of the molecule is COc1cc(C(=O)Cl)nc(C)c1OC(F)(F)F. The number of nitrogens with zero attached hydrogens (tertiary/aromatic N) is 1. The van der Waals surface area contributed by atoms with E-state index in [1.54, 1.807) is 0 Å². The number of aromatic nitrogens is 1. The number of rotatable bonds is 3. The van der Waals surface area contributed by atoms with Crippen LogP contribution in [0.1, 0.15) is 16.2 Å². The van der Waals surface area contributed by atoms with Crippen LogP contribution in [-0.4, -0.2) is 23.7 Å². The van der Waals surface area contributed by atoms with Gasteiger partial charge in [-0.25, -0.2) is 4.98 Å². The van der Waals surface area contributed by atoms with Gasteiger partial charge in [0.05, 0.1) is 12.8 Å². The van der Waals surface area contributed by atoms with Crippen LogP contribution >= 0.6 is 11.6 Å². The number of carbonyl (C=O) groups excluding carboxylic acids is 1. The molecule has 94 valence electrons. The predicted molar refractivity (Wildman–Crippen MR) is 52.4 cm³/mol. The molecule has 1 heterocycles. The smallest absolute Gasteiger partial charge is 0.493 e. The van der Waals surface area contributed by atoms with E-state index >= 15 is 0 Å². The van der Waals surface area contributed by atoms with Crippen molar-refractivity contribution < 1.29 is 27.4 Å². The van der Waals surface area contributed by atoms with Crippen LogP contribution in [0, 0.1) is 6.92 Å². The van der Waals surface area contributed by atoms with Gasteiger partial charge in [-0.05, 0) is 18.5 Å². The fourth-order valence-electron chi connectivity index (χ4n) is 1.12. The average molecular weight is 270 g/mol. The molecule has 0 saturated carbocycles. The summed E-state index contributed by atoms with van der Waals surface area (Å²) in [5.74, 6) is -0.861. The number of halogens is 4. The van der Waals surface area contributed by atoms with Crippen molar-refractivity contribution >= 4 is 16.8 Å². The summed E-state index contributed by atoms with van der Waals surface area (Å²) >= 11 is 5.17. The van der Waals surface area contributed by atoms with Crippen LogP contribution in [0.5, 0.6) is 11.5 Å². The molecule has 0 fully saturated rings. The zero-order valence-electron chi connectivity index (χ0n) is 8.76. The van der Waals surface area contributed by atoms with Crippen molar-refractivity contribution in [3.05, 3.63) is 17.5 Å². The lowest BCUT2D eigenvalue weighted by molar-refractivity contribution is -0.275. The van der Waals surface area contributed by atoms with Crippen molar-refractivity contribution in [2.75, 3.05) is 7.11 Å². The maximum atomic E-state index is 12.1. The van der Waals surface area contributed by atoms with Gasteiger partial charge in [-0.3, -0.25) is 4.79 Å².